The highest BCUT2D eigenvalue weighted by Gasteiger charge is 2.31. The summed E-state index contributed by atoms with van der Waals surface area (Å²) in [5, 5.41) is 0. The zero-order valence-corrected chi connectivity index (χ0v) is 9.29. The molecule has 2 rings (SSSR count). The maximum absolute atomic E-state index is 13.7. The molecule has 1 fully saturated rings. The third-order valence-electron chi connectivity index (χ3n) is 3.22. The maximum Gasteiger partial charge on any atom is 0.130 e. The monoisotopic (exact) mass is 226 g/mol. The van der Waals surface area contributed by atoms with Gasteiger partial charge in [0.15, 0.2) is 0 Å². The molecule has 2 unspecified atom stereocenters. The van der Waals surface area contributed by atoms with E-state index < -0.39 is 11.6 Å². The summed E-state index contributed by atoms with van der Waals surface area (Å²) in [5.74, 6) is -1.01. The van der Waals surface area contributed by atoms with E-state index in [4.69, 9.17) is 5.73 Å². The Balaban J connectivity index is 2.41. The van der Waals surface area contributed by atoms with E-state index in [9.17, 15) is 8.78 Å². The number of likely N-dealkylation sites (N-methyl/N-ethyl adjacent to an activating group) is 1. The Bertz CT molecular complexity index is 351. The average Bonchev–Trinajstić information content (AvgIpc) is 2.21. The van der Waals surface area contributed by atoms with Gasteiger partial charge in [0.1, 0.15) is 11.6 Å². The molecule has 0 spiro atoms. The molecule has 0 aliphatic carbocycles. The van der Waals surface area contributed by atoms with E-state index in [1.165, 1.54) is 18.2 Å². The van der Waals surface area contributed by atoms with Gasteiger partial charge >= 0.3 is 0 Å². The molecule has 0 amide bonds. The summed E-state index contributed by atoms with van der Waals surface area (Å²) >= 11 is 0. The van der Waals surface area contributed by atoms with E-state index in [-0.39, 0.29) is 17.6 Å². The van der Waals surface area contributed by atoms with Crippen molar-refractivity contribution in [3.05, 3.63) is 35.4 Å². The zero-order chi connectivity index (χ0) is 11.7. The number of rotatable bonds is 1. The van der Waals surface area contributed by atoms with Crippen LogP contribution in [0.3, 0.4) is 0 Å². The van der Waals surface area contributed by atoms with Gasteiger partial charge in [-0.3, -0.25) is 4.90 Å². The third-order valence-corrected chi connectivity index (χ3v) is 3.22. The number of likely N-dealkylation sites (tertiary alicyclic amines) is 1. The number of nitrogens with two attached hydrogens (primary N) is 1. The molecular formula is C12H16F2N2. The van der Waals surface area contributed by atoms with E-state index in [1.54, 1.807) is 0 Å². The van der Waals surface area contributed by atoms with Crippen molar-refractivity contribution in [1.82, 2.24) is 4.90 Å². The van der Waals surface area contributed by atoms with Crippen molar-refractivity contribution < 1.29 is 8.78 Å². The van der Waals surface area contributed by atoms with Crippen molar-refractivity contribution in [1.29, 1.82) is 0 Å². The van der Waals surface area contributed by atoms with Gasteiger partial charge in [-0.1, -0.05) is 6.07 Å². The molecule has 2 N–H and O–H groups in total. The lowest BCUT2D eigenvalue weighted by Crippen LogP contribution is -2.44. The molecule has 0 bridgehead atoms. The van der Waals surface area contributed by atoms with Crippen molar-refractivity contribution >= 4 is 0 Å². The SMILES string of the molecule is CN1CCCC(N)C1c1c(F)cccc1F. The van der Waals surface area contributed by atoms with Gasteiger partial charge in [-0.25, -0.2) is 8.78 Å². The van der Waals surface area contributed by atoms with E-state index in [0.717, 1.165) is 19.4 Å². The van der Waals surface area contributed by atoms with Gasteiger partial charge in [-0.15, -0.1) is 0 Å². The summed E-state index contributed by atoms with van der Waals surface area (Å²) in [6, 6.07) is 3.39. The third kappa shape index (κ3) is 1.95. The molecule has 16 heavy (non-hydrogen) atoms. The number of halogens is 2. The number of hydrogen-bond donors (Lipinski definition) is 1. The first-order valence-electron chi connectivity index (χ1n) is 5.51. The van der Waals surface area contributed by atoms with Gasteiger partial charge in [0, 0.05) is 11.6 Å². The second kappa shape index (κ2) is 4.47. The number of benzene rings is 1. The lowest BCUT2D eigenvalue weighted by Gasteiger charge is -2.37. The van der Waals surface area contributed by atoms with E-state index in [0.29, 0.717) is 0 Å². The highest BCUT2D eigenvalue weighted by molar-refractivity contribution is 5.25. The van der Waals surface area contributed by atoms with Crippen LogP contribution in [0.4, 0.5) is 8.78 Å². The topological polar surface area (TPSA) is 29.3 Å². The Morgan fingerprint density at radius 1 is 1.31 bits per heavy atom. The molecule has 1 aliphatic heterocycles. The van der Waals surface area contributed by atoms with Crippen LogP contribution in [0.1, 0.15) is 24.4 Å². The number of hydrogen-bond acceptors (Lipinski definition) is 2. The van der Waals surface area contributed by atoms with Crippen molar-refractivity contribution in [2.45, 2.75) is 24.9 Å². The molecule has 4 heteroatoms. The van der Waals surface area contributed by atoms with Crippen LogP contribution in [-0.4, -0.2) is 24.5 Å². The van der Waals surface area contributed by atoms with Crippen LogP contribution in [0.2, 0.25) is 0 Å². The summed E-state index contributed by atoms with van der Waals surface area (Å²) < 4.78 is 27.3. The molecule has 0 radical (unpaired) electrons. The molecule has 2 nitrogen and oxygen atoms in total. The van der Waals surface area contributed by atoms with Crippen molar-refractivity contribution in [3.8, 4) is 0 Å². The first-order chi connectivity index (χ1) is 7.61. The Kier molecular flexibility index (Phi) is 3.21. The molecule has 1 heterocycles. The summed E-state index contributed by atoms with van der Waals surface area (Å²) in [6.07, 6.45) is 1.78. The van der Waals surface area contributed by atoms with Crippen LogP contribution in [0.25, 0.3) is 0 Å². The minimum atomic E-state index is -0.505. The van der Waals surface area contributed by atoms with E-state index in [1.807, 2.05) is 11.9 Å². The Morgan fingerprint density at radius 2 is 1.94 bits per heavy atom. The smallest absolute Gasteiger partial charge is 0.130 e. The highest BCUT2D eigenvalue weighted by atomic mass is 19.1. The van der Waals surface area contributed by atoms with Gasteiger partial charge in [-0.2, -0.15) is 0 Å². The summed E-state index contributed by atoms with van der Waals surface area (Å²) in [7, 11) is 1.86. The van der Waals surface area contributed by atoms with Crippen LogP contribution in [-0.2, 0) is 0 Å². The molecule has 0 saturated carbocycles. The minimum Gasteiger partial charge on any atom is -0.326 e. The normalized spacial score (nSPS) is 27.0. The minimum absolute atomic E-state index is 0.109. The lowest BCUT2D eigenvalue weighted by atomic mass is 9.91. The molecular weight excluding hydrogens is 210 g/mol. The van der Waals surface area contributed by atoms with Gasteiger partial charge in [0.2, 0.25) is 0 Å². The molecule has 1 aromatic carbocycles. The second-order valence-corrected chi connectivity index (χ2v) is 4.37. The molecule has 2 atom stereocenters. The van der Waals surface area contributed by atoms with E-state index >= 15 is 0 Å². The van der Waals surface area contributed by atoms with Gasteiger partial charge in [0.05, 0.1) is 6.04 Å². The standard InChI is InChI=1S/C12H16F2N2/c1-16-7-3-6-10(15)12(16)11-8(13)4-2-5-9(11)14/h2,4-5,10,12H,3,6-7,15H2,1H3. The van der Waals surface area contributed by atoms with Gasteiger partial charge in [-0.05, 0) is 38.6 Å². The highest BCUT2D eigenvalue weighted by Crippen LogP contribution is 2.31. The Hall–Kier alpha value is -1.00. The van der Waals surface area contributed by atoms with Gasteiger partial charge in [0.25, 0.3) is 0 Å². The summed E-state index contributed by atoms with van der Waals surface area (Å²) in [4.78, 5) is 1.93. The number of piperidine rings is 1. The van der Waals surface area contributed by atoms with Crippen molar-refractivity contribution in [2.24, 2.45) is 5.73 Å². The van der Waals surface area contributed by atoms with Crippen LogP contribution < -0.4 is 5.73 Å². The average molecular weight is 226 g/mol. The quantitative estimate of drug-likeness (QED) is 0.794. The first-order valence-corrected chi connectivity index (χ1v) is 5.51. The second-order valence-electron chi connectivity index (χ2n) is 4.37. The summed E-state index contributed by atoms with van der Waals surface area (Å²) in [5.41, 5.74) is 6.07. The lowest BCUT2D eigenvalue weighted by molar-refractivity contribution is 0.155. The van der Waals surface area contributed by atoms with E-state index in [2.05, 4.69) is 0 Å². The molecule has 1 aliphatic rings. The predicted molar refractivity (Wildman–Crippen MR) is 58.9 cm³/mol. The predicted octanol–water partition coefficient (Wildman–Crippen LogP) is 2.06. The van der Waals surface area contributed by atoms with Crippen LogP contribution >= 0.6 is 0 Å². The first kappa shape index (κ1) is 11.5. The molecule has 1 aromatic rings. The zero-order valence-electron chi connectivity index (χ0n) is 9.29. The van der Waals surface area contributed by atoms with Crippen LogP contribution in [0.15, 0.2) is 18.2 Å². The fourth-order valence-corrected chi connectivity index (χ4v) is 2.43. The fourth-order valence-electron chi connectivity index (χ4n) is 2.43. The Morgan fingerprint density at radius 3 is 2.50 bits per heavy atom. The molecule has 0 aromatic heterocycles. The van der Waals surface area contributed by atoms with Crippen molar-refractivity contribution in [3.63, 3.8) is 0 Å². The van der Waals surface area contributed by atoms with Crippen LogP contribution in [0.5, 0.6) is 0 Å². The molecule has 88 valence electrons. The van der Waals surface area contributed by atoms with Crippen LogP contribution in [0, 0.1) is 11.6 Å². The van der Waals surface area contributed by atoms with Crippen molar-refractivity contribution in [2.75, 3.05) is 13.6 Å². The largest absolute Gasteiger partial charge is 0.326 e. The molecule has 1 saturated heterocycles. The van der Waals surface area contributed by atoms with Gasteiger partial charge < -0.3 is 5.73 Å². The maximum atomic E-state index is 13.7. The number of nitrogens with zero attached hydrogens (tertiary/aromatic N) is 1. The summed E-state index contributed by atoms with van der Waals surface area (Å²) in [6.45, 7) is 0.826. The fraction of sp³-hybridized carbons (Fsp3) is 0.500. The Labute approximate surface area is 94.0 Å².